The van der Waals surface area contributed by atoms with E-state index in [1.54, 1.807) is 0 Å². The van der Waals surface area contributed by atoms with E-state index < -0.39 is 6.10 Å². The Morgan fingerprint density at radius 1 is 1.41 bits per heavy atom. The molecule has 17 heavy (non-hydrogen) atoms. The highest BCUT2D eigenvalue weighted by Crippen LogP contribution is 2.30. The van der Waals surface area contributed by atoms with Gasteiger partial charge in [-0.1, -0.05) is 37.6 Å². The maximum atomic E-state index is 10.3. The fourth-order valence-corrected chi connectivity index (χ4v) is 2.50. The van der Waals surface area contributed by atoms with E-state index in [4.69, 9.17) is 4.74 Å². The lowest BCUT2D eigenvalue weighted by atomic mass is 9.99. The number of hydrogen-bond donors (Lipinski definition) is 1. The van der Waals surface area contributed by atoms with Crippen LogP contribution in [0.1, 0.15) is 50.3 Å². The van der Waals surface area contributed by atoms with Gasteiger partial charge in [0.1, 0.15) is 6.10 Å². The Hall–Kier alpha value is -0.860. The van der Waals surface area contributed by atoms with Crippen molar-refractivity contribution in [2.24, 2.45) is 0 Å². The van der Waals surface area contributed by atoms with Crippen LogP contribution in [0.5, 0.6) is 0 Å². The monoisotopic (exact) mass is 234 g/mol. The first-order valence-electron chi connectivity index (χ1n) is 6.63. The van der Waals surface area contributed by atoms with Crippen LogP contribution in [0.2, 0.25) is 0 Å². The Kier molecular flexibility index (Phi) is 4.19. The van der Waals surface area contributed by atoms with E-state index >= 15 is 0 Å². The van der Waals surface area contributed by atoms with E-state index in [1.165, 1.54) is 5.56 Å². The Balaban J connectivity index is 2.07. The SMILES string of the molecule is CCCc1cccc(C(O)C2CCC(C)O2)c1. The van der Waals surface area contributed by atoms with Gasteiger partial charge in [-0.25, -0.2) is 0 Å². The highest BCUT2D eigenvalue weighted by atomic mass is 16.5. The van der Waals surface area contributed by atoms with Crippen molar-refractivity contribution >= 4 is 0 Å². The molecule has 0 amide bonds. The van der Waals surface area contributed by atoms with Crippen molar-refractivity contribution in [1.29, 1.82) is 0 Å². The van der Waals surface area contributed by atoms with E-state index in [0.29, 0.717) is 0 Å². The minimum Gasteiger partial charge on any atom is -0.386 e. The first kappa shape index (κ1) is 12.6. The van der Waals surface area contributed by atoms with Crippen molar-refractivity contribution in [3.05, 3.63) is 35.4 Å². The largest absolute Gasteiger partial charge is 0.386 e. The van der Waals surface area contributed by atoms with Gasteiger partial charge in [0, 0.05) is 0 Å². The molecule has 0 radical (unpaired) electrons. The van der Waals surface area contributed by atoms with Gasteiger partial charge in [-0.3, -0.25) is 0 Å². The highest BCUT2D eigenvalue weighted by molar-refractivity contribution is 5.26. The third-order valence-corrected chi connectivity index (χ3v) is 3.45. The zero-order chi connectivity index (χ0) is 12.3. The Labute approximate surface area is 104 Å². The molecule has 0 aromatic heterocycles. The van der Waals surface area contributed by atoms with E-state index in [2.05, 4.69) is 26.0 Å². The van der Waals surface area contributed by atoms with E-state index in [1.807, 2.05) is 12.1 Å². The first-order chi connectivity index (χ1) is 8.20. The lowest BCUT2D eigenvalue weighted by Crippen LogP contribution is -2.18. The molecule has 2 rings (SSSR count). The number of aliphatic hydroxyl groups excluding tert-OH is 1. The summed E-state index contributed by atoms with van der Waals surface area (Å²) in [5.74, 6) is 0. The van der Waals surface area contributed by atoms with Crippen molar-refractivity contribution in [3.63, 3.8) is 0 Å². The van der Waals surface area contributed by atoms with E-state index in [9.17, 15) is 5.11 Å². The van der Waals surface area contributed by atoms with Crippen LogP contribution in [0.15, 0.2) is 24.3 Å². The zero-order valence-corrected chi connectivity index (χ0v) is 10.7. The Morgan fingerprint density at radius 3 is 2.88 bits per heavy atom. The lowest BCUT2D eigenvalue weighted by molar-refractivity contribution is -0.0297. The maximum absolute atomic E-state index is 10.3. The molecule has 1 aliphatic rings. The summed E-state index contributed by atoms with van der Waals surface area (Å²) in [6.45, 7) is 4.24. The molecule has 2 heteroatoms. The molecule has 0 aliphatic carbocycles. The number of hydrogen-bond acceptors (Lipinski definition) is 2. The smallest absolute Gasteiger partial charge is 0.105 e. The first-order valence-corrected chi connectivity index (χ1v) is 6.63. The average molecular weight is 234 g/mol. The molecule has 2 nitrogen and oxygen atoms in total. The minimum absolute atomic E-state index is 0.0260. The predicted octanol–water partition coefficient (Wildman–Crippen LogP) is 3.24. The minimum atomic E-state index is -0.475. The molecular formula is C15H22O2. The molecule has 3 atom stereocenters. The fraction of sp³-hybridized carbons (Fsp3) is 0.600. The Morgan fingerprint density at radius 2 is 2.24 bits per heavy atom. The average Bonchev–Trinajstić information content (AvgIpc) is 2.76. The molecule has 1 saturated heterocycles. The van der Waals surface area contributed by atoms with Crippen molar-refractivity contribution in [3.8, 4) is 0 Å². The van der Waals surface area contributed by atoms with Gasteiger partial charge in [0.2, 0.25) is 0 Å². The third-order valence-electron chi connectivity index (χ3n) is 3.45. The van der Waals surface area contributed by atoms with Crippen molar-refractivity contribution in [1.82, 2.24) is 0 Å². The molecule has 0 saturated carbocycles. The van der Waals surface area contributed by atoms with E-state index in [-0.39, 0.29) is 12.2 Å². The third kappa shape index (κ3) is 3.08. The fourth-order valence-electron chi connectivity index (χ4n) is 2.50. The highest BCUT2D eigenvalue weighted by Gasteiger charge is 2.29. The quantitative estimate of drug-likeness (QED) is 0.866. The van der Waals surface area contributed by atoms with Gasteiger partial charge in [0.05, 0.1) is 12.2 Å². The Bertz CT molecular complexity index is 362. The molecule has 0 spiro atoms. The molecular weight excluding hydrogens is 212 g/mol. The lowest BCUT2D eigenvalue weighted by Gasteiger charge is -2.19. The molecule has 1 N–H and O–H groups in total. The molecule has 1 aromatic carbocycles. The van der Waals surface area contributed by atoms with Gasteiger partial charge in [-0.2, -0.15) is 0 Å². The van der Waals surface area contributed by atoms with Gasteiger partial charge in [-0.15, -0.1) is 0 Å². The summed E-state index contributed by atoms with van der Waals surface area (Å²) in [7, 11) is 0. The summed E-state index contributed by atoms with van der Waals surface area (Å²) in [5.41, 5.74) is 2.30. The molecule has 1 heterocycles. The van der Waals surface area contributed by atoms with Crippen LogP contribution in [-0.4, -0.2) is 17.3 Å². The van der Waals surface area contributed by atoms with Crippen LogP contribution in [0.3, 0.4) is 0 Å². The number of rotatable bonds is 4. The molecule has 1 aliphatic heterocycles. The second-order valence-corrected chi connectivity index (χ2v) is 5.00. The molecule has 94 valence electrons. The van der Waals surface area contributed by atoms with Crippen molar-refractivity contribution in [2.45, 2.75) is 57.8 Å². The summed E-state index contributed by atoms with van der Waals surface area (Å²) in [6, 6.07) is 8.26. The summed E-state index contributed by atoms with van der Waals surface area (Å²) in [5, 5.41) is 10.3. The van der Waals surface area contributed by atoms with Crippen LogP contribution in [0, 0.1) is 0 Å². The molecule has 0 bridgehead atoms. The van der Waals surface area contributed by atoms with Gasteiger partial charge >= 0.3 is 0 Å². The van der Waals surface area contributed by atoms with Crippen LogP contribution in [0.4, 0.5) is 0 Å². The number of ether oxygens (including phenoxy) is 1. The van der Waals surface area contributed by atoms with Crippen molar-refractivity contribution < 1.29 is 9.84 Å². The topological polar surface area (TPSA) is 29.5 Å². The second-order valence-electron chi connectivity index (χ2n) is 5.00. The van der Waals surface area contributed by atoms with Gasteiger partial charge < -0.3 is 9.84 Å². The van der Waals surface area contributed by atoms with Crippen molar-refractivity contribution in [2.75, 3.05) is 0 Å². The van der Waals surface area contributed by atoms with Crippen LogP contribution in [0.25, 0.3) is 0 Å². The summed E-state index contributed by atoms with van der Waals surface area (Å²) in [6.07, 6.45) is 4.00. The number of aliphatic hydroxyl groups is 1. The summed E-state index contributed by atoms with van der Waals surface area (Å²) in [4.78, 5) is 0. The maximum Gasteiger partial charge on any atom is 0.105 e. The van der Waals surface area contributed by atoms with Gasteiger partial charge in [0.15, 0.2) is 0 Å². The normalized spacial score (nSPS) is 26.1. The molecule has 1 aromatic rings. The van der Waals surface area contributed by atoms with Gasteiger partial charge in [-0.05, 0) is 37.3 Å². The number of benzene rings is 1. The standard InChI is InChI=1S/C15H22O2/c1-3-5-12-6-4-7-13(10-12)15(16)14-9-8-11(2)17-14/h4,6-7,10-11,14-16H,3,5,8-9H2,1-2H3. The number of aryl methyl sites for hydroxylation is 1. The van der Waals surface area contributed by atoms with Gasteiger partial charge in [0.25, 0.3) is 0 Å². The van der Waals surface area contributed by atoms with Crippen LogP contribution < -0.4 is 0 Å². The summed E-state index contributed by atoms with van der Waals surface area (Å²) < 4.78 is 5.73. The van der Waals surface area contributed by atoms with Crippen LogP contribution in [-0.2, 0) is 11.2 Å². The molecule has 1 fully saturated rings. The van der Waals surface area contributed by atoms with Crippen LogP contribution >= 0.6 is 0 Å². The predicted molar refractivity (Wildman–Crippen MR) is 69.0 cm³/mol. The van der Waals surface area contributed by atoms with E-state index in [0.717, 1.165) is 31.2 Å². The summed E-state index contributed by atoms with van der Waals surface area (Å²) >= 11 is 0. The molecule has 3 unspecified atom stereocenters. The second kappa shape index (κ2) is 5.65. The zero-order valence-electron chi connectivity index (χ0n) is 10.7.